The number of carbonyl (C=O) groups is 1. The summed E-state index contributed by atoms with van der Waals surface area (Å²) in [6.45, 7) is 6.82. The molecule has 5 heteroatoms. The second-order valence-electron chi connectivity index (χ2n) is 7.65. The van der Waals surface area contributed by atoms with Crippen LogP contribution < -0.4 is 11.1 Å². The minimum atomic E-state index is 0.113. The first-order valence-corrected chi connectivity index (χ1v) is 9.62. The number of likely N-dealkylation sites (N-methyl/N-ethyl adjacent to an activating group) is 1. The first-order valence-electron chi connectivity index (χ1n) is 9.62. The molecular weight excluding hydrogens is 312 g/mol. The summed E-state index contributed by atoms with van der Waals surface area (Å²) in [5.74, 6) is 0.655. The summed E-state index contributed by atoms with van der Waals surface area (Å²) >= 11 is 0. The van der Waals surface area contributed by atoms with Gasteiger partial charge < -0.3 is 16.0 Å². The molecule has 1 aromatic rings. The Morgan fingerprint density at radius 3 is 2.48 bits per heavy atom. The third-order valence-corrected chi connectivity index (χ3v) is 5.79. The van der Waals surface area contributed by atoms with Gasteiger partial charge in [-0.25, -0.2) is 0 Å². The number of nitrogens with one attached hydrogen (secondary N) is 1. The number of nitrogens with zero attached hydrogens (tertiary/aromatic N) is 2. The van der Waals surface area contributed by atoms with Gasteiger partial charge in [0.2, 0.25) is 5.91 Å². The molecule has 2 atom stereocenters. The van der Waals surface area contributed by atoms with Crippen molar-refractivity contribution in [2.45, 2.75) is 32.4 Å². The highest BCUT2D eigenvalue weighted by molar-refractivity contribution is 5.79. The highest BCUT2D eigenvalue weighted by Gasteiger charge is 2.31. The zero-order valence-corrected chi connectivity index (χ0v) is 15.4. The molecule has 3 N–H and O–H groups in total. The summed E-state index contributed by atoms with van der Waals surface area (Å²) in [4.78, 5) is 17.2. The molecule has 3 rings (SSSR count). The van der Waals surface area contributed by atoms with Crippen molar-refractivity contribution in [3.8, 4) is 0 Å². The molecule has 0 radical (unpaired) electrons. The van der Waals surface area contributed by atoms with Crippen LogP contribution in [0.3, 0.4) is 0 Å². The first kappa shape index (κ1) is 18.4. The number of hydrogen-bond acceptors (Lipinski definition) is 4. The van der Waals surface area contributed by atoms with E-state index in [2.05, 4.69) is 46.4 Å². The first-order chi connectivity index (χ1) is 12.2. The summed E-state index contributed by atoms with van der Waals surface area (Å²) in [6, 6.07) is 8.66. The number of amides is 1. The van der Waals surface area contributed by atoms with Crippen LogP contribution in [0.2, 0.25) is 0 Å². The van der Waals surface area contributed by atoms with Crippen molar-refractivity contribution in [2.24, 2.45) is 17.6 Å². The molecule has 0 bridgehead atoms. The van der Waals surface area contributed by atoms with E-state index >= 15 is 0 Å². The normalized spacial score (nSPS) is 25.2. The van der Waals surface area contributed by atoms with Gasteiger partial charge in [0, 0.05) is 45.2 Å². The van der Waals surface area contributed by atoms with Crippen LogP contribution in [0.25, 0.3) is 0 Å². The molecule has 1 saturated carbocycles. The second kappa shape index (κ2) is 8.79. The van der Waals surface area contributed by atoms with E-state index in [0.29, 0.717) is 19.0 Å². The van der Waals surface area contributed by atoms with E-state index in [1.54, 1.807) is 0 Å². The molecule has 25 heavy (non-hydrogen) atoms. The van der Waals surface area contributed by atoms with Gasteiger partial charge in [0.05, 0.1) is 0 Å². The van der Waals surface area contributed by atoms with Crippen LogP contribution in [0.15, 0.2) is 24.3 Å². The third kappa shape index (κ3) is 5.03. The quantitative estimate of drug-likeness (QED) is 0.819. The monoisotopic (exact) mass is 344 g/mol. The van der Waals surface area contributed by atoms with Crippen LogP contribution in [0.4, 0.5) is 0 Å². The molecule has 5 nitrogen and oxygen atoms in total. The van der Waals surface area contributed by atoms with Gasteiger partial charge in [0.1, 0.15) is 0 Å². The molecule has 0 spiro atoms. The molecule has 1 aromatic carbocycles. The SMILES string of the molecule is CN1CCN(Cc2ccc(CNC(=O)[C@@H]3CCC[C@@H]3CN)cc2)CC1. The lowest BCUT2D eigenvalue weighted by molar-refractivity contribution is -0.126. The van der Waals surface area contributed by atoms with E-state index in [-0.39, 0.29) is 11.8 Å². The Kier molecular flexibility index (Phi) is 6.45. The Morgan fingerprint density at radius 1 is 1.12 bits per heavy atom. The van der Waals surface area contributed by atoms with Crippen LogP contribution in [0.1, 0.15) is 30.4 Å². The minimum Gasteiger partial charge on any atom is -0.352 e. The molecule has 0 aromatic heterocycles. The van der Waals surface area contributed by atoms with E-state index in [0.717, 1.165) is 57.5 Å². The molecule has 0 unspecified atom stereocenters. The van der Waals surface area contributed by atoms with E-state index < -0.39 is 0 Å². The van der Waals surface area contributed by atoms with Gasteiger partial charge in [-0.2, -0.15) is 0 Å². The Hall–Kier alpha value is -1.43. The van der Waals surface area contributed by atoms with E-state index in [9.17, 15) is 4.79 Å². The molecule has 1 aliphatic heterocycles. The highest BCUT2D eigenvalue weighted by atomic mass is 16.1. The van der Waals surface area contributed by atoms with Crippen molar-refractivity contribution in [1.29, 1.82) is 0 Å². The van der Waals surface area contributed by atoms with Crippen LogP contribution in [-0.2, 0) is 17.9 Å². The standard InChI is InChI=1S/C20H32N4O/c1-23-9-11-24(12-10-23)15-17-7-5-16(6-8-17)14-22-20(25)19-4-2-3-18(19)13-21/h5-8,18-19H,2-4,9-15,21H2,1H3,(H,22,25)/t18-,19-/m1/s1. The Morgan fingerprint density at radius 2 is 1.80 bits per heavy atom. The average molecular weight is 345 g/mol. The lowest BCUT2D eigenvalue weighted by Crippen LogP contribution is -2.43. The molecule has 1 amide bonds. The summed E-state index contributed by atoms with van der Waals surface area (Å²) in [5.41, 5.74) is 8.29. The number of hydrogen-bond donors (Lipinski definition) is 2. The van der Waals surface area contributed by atoms with Gasteiger partial charge >= 0.3 is 0 Å². The zero-order valence-electron chi connectivity index (χ0n) is 15.4. The Balaban J connectivity index is 1.45. The summed E-state index contributed by atoms with van der Waals surface area (Å²) in [7, 11) is 2.18. The number of benzene rings is 1. The van der Waals surface area contributed by atoms with E-state index in [4.69, 9.17) is 5.73 Å². The number of nitrogens with two attached hydrogens (primary N) is 1. The summed E-state index contributed by atoms with van der Waals surface area (Å²) < 4.78 is 0. The maximum absolute atomic E-state index is 12.4. The van der Waals surface area contributed by atoms with Crippen LogP contribution in [0, 0.1) is 11.8 Å². The number of carbonyl (C=O) groups excluding carboxylic acids is 1. The minimum absolute atomic E-state index is 0.113. The number of piperazine rings is 1. The fraction of sp³-hybridized carbons (Fsp3) is 0.650. The highest BCUT2D eigenvalue weighted by Crippen LogP contribution is 2.31. The van der Waals surface area contributed by atoms with Gasteiger partial charge in [0.15, 0.2) is 0 Å². The Bertz CT molecular complexity index is 551. The molecule has 2 fully saturated rings. The predicted octanol–water partition coefficient (Wildman–Crippen LogP) is 1.43. The maximum atomic E-state index is 12.4. The lowest BCUT2D eigenvalue weighted by Gasteiger charge is -2.32. The van der Waals surface area contributed by atoms with Gasteiger partial charge in [-0.3, -0.25) is 9.69 Å². The van der Waals surface area contributed by atoms with E-state index in [1.807, 2.05) is 0 Å². The predicted molar refractivity (Wildman–Crippen MR) is 101 cm³/mol. The van der Waals surface area contributed by atoms with Crippen LogP contribution >= 0.6 is 0 Å². The van der Waals surface area contributed by atoms with Crippen molar-refractivity contribution in [1.82, 2.24) is 15.1 Å². The maximum Gasteiger partial charge on any atom is 0.223 e. The van der Waals surface area contributed by atoms with Crippen molar-refractivity contribution in [3.63, 3.8) is 0 Å². The van der Waals surface area contributed by atoms with Gasteiger partial charge in [-0.05, 0) is 43.5 Å². The second-order valence-corrected chi connectivity index (χ2v) is 7.65. The number of rotatable bonds is 6. The van der Waals surface area contributed by atoms with Crippen molar-refractivity contribution < 1.29 is 4.79 Å². The van der Waals surface area contributed by atoms with E-state index in [1.165, 1.54) is 5.56 Å². The fourth-order valence-corrected chi connectivity index (χ4v) is 4.01. The van der Waals surface area contributed by atoms with Gasteiger partial charge in [0.25, 0.3) is 0 Å². The third-order valence-electron chi connectivity index (χ3n) is 5.79. The molecule has 1 heterocycles. The summed E-state index contributed by atoms with van der Waals surface area (Å²) in [6.07, 6.45) is 3.20. The molecule has 138 valence electrons. The molecule has 2 aliphatic rings. The largest absolute Gasteiger partial charge is 0.352 e. The summed E-state index contributed by atoms with van der Waals surface area (Å²) in [5, 5.41) is 3.10. The topological polar surface area (TPSA) is 61.6 Å². The van der Waals surface area contributed by atoms with Gasteiger partial charge in [-0.1, -0.05) is 30.7 Å². The van der Waals surface area contributed by atoms with Crippen molar-refractivity contribution >= 4 is 5.91 Å². The van der Waals surface area contributed by atoms with Crippen molar-refractivity contribution in [2.75, 3.05) is 39.8 Å². The van der Waals surface area contributed by atoms with Gasteiger partial charge in [-0.15, -0.1) is 0 Å². The lowest BCUT2D eigenvalue weighted by atomic mass is 9.95. The molecule has 1 saturated heterocycles. The van der Waals surface area contributed by atoms with Crippen LogP contribution in [0.5, 0.6) is 0 Å². The smallest absolute Gasteiger partial charge is 0.223 e. The van der Waals surface area contributed by atoms with Crippen LogP contribution in [-0.4, -0.2) is 55.5 Å². The fourth-order valence-electron chi connectivity index (χ4n) is 4.01. The Labute approximate surface area is 151 Å². The average Bonchev–Trinajstić information content (AvgIpc) is 3.12. The molecular formula is C20H32N4O. The zero-order chi connectivity index (χ0) is 17.6. The molecule has 1 aliphatic carbocycles. The van der Waals surface area contributed by atoms with Crippen molar-refractivity contribution in [3.05, 3.63) is 35.4 Å².